The molecule has 0 radical (unpaired) electrons. The monoisotopic (exact) mass is 194 g/mol. The first-order chi connectivity index (χ1) is 6.20. The Kier molecular flexibility index (Phi) is 4.37. The molecule has 0 aromatic heterocycles. The van der Waals surface area contributed by atoms with Crippen molar-refractivity contribution in [3.8, 4) is 0 Å². The van der Waals surface area contributed by atoms with Crippen LogP contribution in [0.15, 0.2) is 30.3 Å². The van der Waals surface area contributed by atoms with Crippen molar-refractivity contribution in [3.05, 3.63) is 35.9 Å². The zero-order valence-corrected chi connectivity index (χ0v) is 9.30. The van der Waals surface area contributed by atoms with Crippen LogP contribution in [0.2, 0.25) is 0 Å². The van der Waals surface area contributed by atoms with Crippen LogP contribution in [0.5, 0.6) is 0 Å². The number of hydrogen-bond donors (Lipinski definition) is 1. The van der Waals surface area contributed by atoms with Crippen LogP contribution in [0.4, 0.5) is 0 Å². The SMILES string of the molecule is CC(S)CCC(C)c1ccccc1. The molecular weight excluding hydrogens is 176 g/mol. The van der Waals surface area contributed by atoms with Gasteiger partial charge in [0.2, 0.25) is 0 Å². The lowest BCUT2D eigenvalue weighted by Gasteiger charge is -2.12. The van der Waals surface area contributed by atoms with E-state index in [0.717, 1.165) is 0 Å². The van der Waals surface area contributed by atoms with E-state index < -0.39 is 0 Å². The third kappa shape index (κ3) is 3.86. The van der Waals surface area contributed by atoms with Crippen LogP contribution in [-0.4, -0.2) is 5.25 Å². The maximum atomic E-state index is 4.39. The minimum absolute atomic E-state index is 0.520. The Morgan fingerprint density at radius 3 is 2.23 bits per heavy atom. The number of hydrogen-bond acceptors (Lipinski definition) is 1. The second kappa shape index (κ2) is 5.33. The molecule has 0 aliphatic rings. The van der Waals surface area contributed by atoms with Crippen molar-refractivity contribution >= 4 is 12.6 Å². The fourth-order valence-corrected chi connectivity index (χ4v) is 1.59. The first-order valence-corrected chi connectivity index (χ1v) is 5.45. The second-order valence-electron chi connectivity index (χ2n) is 3.74. The van der Waals surface area contributed by atoms with Crippen LogP contribution in [0.3, 0.4) is 0 Å². The zero-order chi connectivity index (χ0) is 9.68. The van der Waals surface area contributed by atoms with E-state index in [1.54, 1.807) is 0 Å². The molecule has 1 heteroatoms. The maximum Gasteiger partial charge on any atom is -0.00114 e. The van der Waals surface area contributed by atoms with Gasteiger partial charge < -0.3 is 0 Å². The number of benzene rings is 1. The summed E-state index contributed by atoms with van der Waals surface area (Å²) in [5.41, 5.74) is 1.44. The van der Waals surface area contributed by atoms with Crippen molar-refractivity contribution in [2.24, 2.45) is 0 Å². The van der Waals surface area contributed by atoms with Gasteiger partial charge in [0.15, 0.2) is 0 Å². The van der Waals surface area contributed by atoms with Crippen molar-refractivity contribution in [2.75, 3.05) is 0 Å². The van der Waals surface area contributed by atoms with Gasteiger partial charge in [0.25, 0.3) is 0 Å². The van der Waals surface area contributed by atoms with Gasteiger partial charge in [0.05, 0.1) is 0 Å². The van der Waals surface area contributed by atoms with E-state index in [9.17, 15) is 0 Å². The van der Waals surface area contributed by atoms with Gasteiger partial charge in [-0.2, -0.15) is 12.6 Å². The Labute approximate surface area is 86.8 Å². The molecule has 0 bridgehead atoms. The highest BCUT2D eigenvalue weighted by atomic mass is 32.1. The molecule has 0 N–H and O–H groups in total. The minimum Gasteiger partial charge on any atom is -0.176 e. The van der Waals surface area contributed by atoms with Crippen LogP contribution in [0.1, 0.15) is 38.2 Å². The van der Waals surface area contributed by atoms with Crippen molar-refractivity contribution in [2.45, 2.75) is 37.9 Å². The summed E-state index contributed by atoms with van der Waals surface area (Å²) in [6.07, 6.45) is 2.42. The molecule has 1 rings (SSSR count). The summed E-state index contributed by atoms with van der Waals surface area (Å²) in [5.74, 6) is 0.663. The lowest BCUT2D eigenvalue weighted by molar-refractivity contribution is 0.633. The summed E-state index contributed by atoms with van der Waals surface area (Å²) < 4.78 is 0. The summed E-state index contributed by atoms with van der Waals surface area (Å²) in [4.78, 5) is 0. The summed E-state index contributed by atoms with van der Waals surface area (Å²) >= 11 is 4.39. The van der Waals surface area contributed by atoms with Crippen molar-refractivity contribution < 1.29 is 0 Å². The molecule has 0 nitrogen and oxygen atoms in total. The van der Waals surface area contributed by atoms with Gasteiger partial charge in [0.1, 0.15) is 0 Å². The molecule has 0 spiro atoms. The van der Waals surface area contributed by atoms with Crippen molar-refractivity contribution in [1.29, 1.82) is 0 Å². The molecule has 1 aromatic rings. The quantitative estimate of drug-likeness (QED) is 0.691. The van der Waals surface area contributed by atoms with Gasteiger partial charge in [-0.25, -0.2) is 0 Å². The first kappa shape index (κ1) is 10.6. The molecule has 2 atom stereocenters. The van der Waals surface area contributed by atoms with E-state index in [0.29, 0.717) is 11.2 Å². The summed E-state index contributed by atoms with van der Waals surface area (Å²) in [6.45, 7) is 4.44. The standard InChI is InChI=1S/C12H18S/c1-10(8-9-11(2)13)12-6-4-3-5-7-12/h3-7,10-11,13H,8-9H2,1-2H3. The molecule has 0 heterocycles. The predicted octanol–water partition coefficient (Wildman–Crippen LogP) is 3.89. The molecule has 0 amide bonds. The fraction of sp³-hybridized carbons (Fsp3) is 0.500. The van der Waals surface area contributed by atoms with E-state index in [1.807, 2.05) is 0 Å². The van der Waals surface area contributed by atoms with E-state index in [-0.39, 0.29) is 0 Å². The van der Waals surface area contributed by atoms with Crippen molar-refractivity contribution in [1.82, 2.24) is 0 Å². The molecule has 2 unspecified atom stereocenters. The highest BCUT2D eigenvalue weighted by molar-refractivity contribution is 7.80. The first-order valence-electron chi connectivity index (χ1n) is 4.93. The molecular formula is C12H18S. The molecule has 0 aliphatic carbocycles. The van der Waals surface area contributed by atoms with Crippen molar-refractivity contribution in [3.63, 3.8) is 0 Å². The number of rotatable bonds is 4. The second-order valence-corrected chi connectivity index (χ2v) is 4.62. The van der Waals surface area contributed by atoms with Gasteiger partial charge in [0, 0.05) is 0 Å². The summed E-state index contributed by atoms with van der Waals surface area (Å²) in [5, 5.41) is 0.520. The molecule has 0 fully saturated rings. The van der Waals surface area contributed by atoms with E-state index in [1.165, 1.54) is 18.4 Å². The average molecular weight is 194 g/mol. The van der Waals surface area contributed by atoms with E-state index in [4.69, 9.17) is 0 Å². The summed E-state index contributed by atoms with van der Waals surface area (Å²) in [7, 11) is 0. The Morgan fingerprint density at radius 2 is 1.69 bits per heavy atom. The lowest BCUT2D eigenvalue weighted by Crippen LogP contribution is -1.98. The smallest absolute Gasteiger partial charge is 0.00114 e. The number of thiol groups is 1. The minimum atomic E-state index is 0.520. The largest absolute Gasteiger partial charge is 0.176 e. The normalized spacial score (nSPS) is 15.3. The lowest BCUT2D eigenvalue weighted by atomic mass is 9.96. The van der Waals surface area contributed by atoms with Gasteiger partial charge in [-0.3, -0.25) is 0 Å². The van der Waals surface area contributed by atoms with Gasteiger partial charge >= 0.3 is 0 Å². The van der Waals surface area contributed by atoms with Crippen LogP contribution < -0.4 is 0 Å². The Balaban J connectivity index is 2.44. The topological polar surface area (TPSA) is 0 Å². The van der Waals surface area contributed by atoms with Crippen LogP contribution in [-0.2, 0) is 0 Å². The molecule has 0 saturated carbocycles. The average Bonchev–Trinajstić information content (AvgIpc) is 2.15. The van der Waals surface area contributed by atoms with Crippen LogP contribution >= 0.6 is 12.6 Å². The van der Waals surface area contributed by atoms with E-state index >= 15 is 0 Å². The molecule has 1 aromatic carbocycles. The predicted molar refractivity (Wildman–Crippen MR) is 62.5 cm³/mol. The van der Waals surface area contributed by atoms with E-state index in [2.05, 4.69) is 56.8 Å². The Hall–Kier alpha value is -0.430. The molecule has 0 aliphatic heterocycles. The Morgan fingerprint density at radius 1 is 1.08 bits per heavy atom. The van der Waals surface area contributed by atoms with Gasteiger partial charge in [-0.05, 0) is 29.6 Å². The third-order valence-corrected chi connectivity index (χ3v) is 2.64. The zero-order valence-electron chi connectivity index (χ0n) is 8.40. The molecule has 0 saturated heterocycles. The summed E-state index contributed by atoms with van der Waals surface area (Å²) in [6, 6.07) is 10.7. The van der Waals surface area contributed by atoms with Crippen LogP contribution in [0.25, 0.3) is 0 Å². The fourth-order valence-electron chi connectivity index (χ4n) is 1.44. The van der Waals surface area contributed by atoms with Gasteiger partial charge in [-0.15, -0.1) is 0 Å². The Bertz CT molecular complexity index is 228. The molecule has 13 heavy (non-hydrogen) atoms. The highest BCUT2D eigenvalue weighted by Gasteiger charge is 2.05. The maximum absolute atomic E-state index is 4.39. The van der Waals surface area contributed by atoms with Crippen LogP contribution in [0, 0.1) is 0 Å². The highest BCUT2D eigenvalue weighted by Crippen LogP contribution is 2.21. The van der Waals surface area contributed by atoms with Gasteiger partial charge in [-0.1, -0.05) is 44.2 Å². The molecule has 72 valence electrons. The third-order valence-electron chi connectivity index (χ3n) is 2.39.